The Balaban J connectivity index is 2.16. The number of amides is 2. The molecule has 0 aromatic heterocycles. The normalized spacial score (nSPS) is 11.6. The molecule has 2 aromatic rings. The monoisotopic (exact) mass is 470 g/mol. The van der Waals surface area contributed by atoms with Crippen LogP contribution in [0.15, 0.2) is 42.5 Å². The molecule has 2 rings (SSSR count). The molecule has 0 bridgehead atoms. The van der Waals surface area contributed by atoms with Gasteiger partial charge < -0.3 is 9.47 Å². The summed E-state index contributed by atoms with van der Waals surface area (Å²) in [5, 5.41) is 0.350. The molecule has 0 atom stereocenters. The largest absolute Gasteiger partial charge is 0.484 e. The van der Waals surface area contributed by atoms with Crippen molar-refractivity contribution in [1.82, 2.24) is 10.9 Å². The number of carbonyl (C=O) groups excluding carboxylic acids is 2. The first kappa shape index (κ1) is 24.1. The Morgan fingerprint density at radius 1 is 0.806 bits per heavy atom. The number of hydrogen-bond acceptors (Lipinski definition) is 4. The van der Waals surface area contributed by atoms with Crippen LogP contribution in [0.3, 0.4) is 0 Å². The van der Waals surface area contributed by atoms with E-state index in [9.17, 15) is 35.9 Å². The number of alkyl halides is 6. The number of ether oxygens (including phenoxy) is 2. The van der Waals surface area contributed by atoms with Gasteiger partial charge in [0.15, 0.2) is 13.2 Å². The topological polar surface area (TPSA) is 76.7 Å². The molecule has 2 aromatic carbocycles. The first-order valence-corrected chi connectivity index (χ1v) is 8.61. The van der Waals surface area contributed by atoms with Gasteiger partial charge in [0.25, 0.3) is 11.8 Å². The van der Waals surface area contributed by atoms with Crippen LogP contribution in [0.25, 0.3) is 0 Å². The highest BCUT2D eigenvalue weighted by molar-refractivity contribution is 6.30. The van der Waals surface area contributed by atoms with Crippen LogP contribution < -0.4 is 20.3 Å². The van der Waals surface area contributed by atoms with E-state index in [1.165, 1.54) is 24.3 Å². The lowest BCUT2D eigenvalue weighted by molar-refractivity contribution is -0.154. The van der Waals surface area contributed by atoms with Crippen LogP contribution >= 0.6 is 11.6 Å². The van der Waals surface area contributed by atoms with E-state index in [0.29, 0.717) is 5.02 Å². The maximum atomic E-state index is 12.4. The summed E-state index contributed by atoms with van der Waals surface area (Å²) in [5.41, 5.74) is 3.45. The minimum Gasteiger partial charge on any atom is -0.484 e. The maximum Gasteiger partial charge on any atom is 0.422 e. The SMILES string of the molecule is O=C(NNC(=O)c1cc(OCC(F)(F)F)ccc1OCC(F)(F)F)c1ccc(Cl)cc1. The van der Waals surface area contributed by atoms with Crippen molar-refractivity contribution >= 4 is 23.4 Å². The summed E-state index contributed by atoms with van der Waals surface area (Å²) in [6, 6.07) is 7.99. The minimum absolute atomic E-state index is 0.0977. The van der Waals surface area contributed by atoms with Crippen LogP contribution in [0.5, 0.6) is 11.5 Å². The number of halogens is 7. The Kier molecular flexibility index (Phi) is 7.60. The van der Waals surface area contributed by atoms with Gasteiger partial charge in [0.05, 0.1) is 5.56 Å². The number of rotatable bonds is 6. The van der Waals surface area contributed by atoms with Crippen molar-refractivity contribution in [2.45, 2.75) is 12.4 Å². The summed E-state index contributed by atoms with van der Waals surface area (Å²) < 4.78 is 83.3. The third-order valence-electron chi connectivity index (χ3n) is 3.39. The Labute approximate surface area is 176 Å². The standard InChI is InChI=1S/C18H13ClF6N2O4/c19-11-3-1-10(2-4-11)15(28)26-27-16(29)13-7-12(30-8-17(20,21)22)5-6-14(13)31-9-18(23,24)25/h1-7H,8-9H2,(H,26,28)(H,27,29). The first-order chi connectivity index (χ1) is 14.3. The van der Waals surface area contributed by atoms with Crippen LogP contribution in [0.1, 0.15) is 20.7 Å². The predicted molar refractivity (Wildman–Crippen MR) is 95.9 cm³/mol. The second kappa shape index (κ2) is 9.77. The summed E-state index contributed by atoms with van der Waals surface area (Å²) in [6.45, 7) is -3.45. The molecule has 0 saturated heterocycles. The van der Waals surface area contributed by atoms with Gasteiger partial charge in [0, 0.05) is 10.6 Å². The first-order valence-electron chi connectivity index (χ1n) is 8.23. The molecule has 0 aliphatic carbocycles. The van der Waals surface area contributed by atoms with Crippen LogP contribution in [-0.4, -0.2) is 37.4 Å². The van der Waals surface area contributed by atoms with Gasteiger partial charge in [-0.15, -0.1) is 0 Å². The highest BCUT2D eigenvalue weighted by Crippen LogP contribution is 2.27. The lowest BCUT2D eigenvalue weighted by Crippen LogP contribution is -2.41. The third kappa shape index (κ3) is 8.24. The molecule has 0 aliphatic rings. The number of nitrogens with one attached hydrogen (secondary N) is 2. The number of hydrogen-bond donors (Lipinski definition) is 2. The molecule has 31 heavy (non-hydrogen) atoms. The minimum atomic E-state index is -4.73. The second-order valence-corrected chi connectivity index (χ2v) is 6.32. The Morgan fingerprint density at radius 2 is 1.35 bits per heavy atom. The third-order valence-corrected chi connectivity index (χ3v) is 3.64. The van der Waals surface area contributed by atoms with Gasteiger partial charge in [-0.2, -0.15) is 26.3 Å². The van der Waals surface area contributed by atoms with E-state index >= 15 is 0 Å². The second-order valence-electron chi connectivity index (χ2n) is 5.88. The fourth-order valence-electron chi connectivity index (χ4n) is 2.08. The van der Waals surface area contributed by atoms with Gasteiger partial charge in [-0.1, -0.05) is 11.6 Å². The molecule has 2 N–H and O–H groups in total. The van der Waals surface area contributed by atoms with Crippen molar-refractivity contribution in [2.24, 2.45) is 0 Å². The highest BCUT2D eigenvalue weighted by atomic mass is 35.5. The zero-order valence-corrected chi connectivity index (χ0v) is 16.0. The van der Waals surface area contributed by atoms with Gasteiger partial charge in [0.1, 0.15) is 11.5 Å². The van der Waals surface area contributed by atoms with Gasteiger partial charge >= 0.3 is 12.4 Å². The average molecular weight is 471 g/mol. The Morgan fingerprint density at radius 3 is 1.94 bits per heavy atom. The van der Waals surface area contributed by atoms with Crippen molar-refractivity contribution in [1.29, 1.82) is 0 Å². The zero-order chi connectivity index (χ0) is 23.2. The van der Waals surface area contributed by atoms with Crippen molar-refractivity contribution in [3.63, 3.8) is 0 Å². The van der Waals surface area contributed by atoms with E-state index in [0.717, 1.165) is 18.2 Å². The van der Waals surface area contributed by atoms with Crippen molar-refractivity contribution in [3.05, 3.63) is 58.6 Å². The van der Waals surface area contributed by atoms with Crippen molar-refractivity contribution in [3.8, 4) is 11.5 Å². The number of carbonyl (C=O) groups is 2. The molecule has 0 fully saturated rings. The molecule has 0 radical (unpaired) electrons. The average Bonchev–Trinajstić information content (AvgIpc) is 2.68. The molecule has 0 saturated carbocycles. The van der Waals surface area contributed by atoms with Gasteiger partial charge in [0.2, 0.25) is 0 Å². The molecule has 0 heterocycles. The van der Waals surface area contributed by atoms with E-state index in [1.54, 1.807) is 0 Å². The molecule has 6 nitrogen and oxygen atoms in total. The summed E-state index contributed by atoms with van der Waals surface area (Å²) in [6.07, 6.45) is -9.41. The number of hydrazine groups is 1. The molecule has 168 valence electrons. The molecule has 2 amide bonds. The van der Waals surface area contributed by atoms with Gasteiger partial charge in [-0.05, 0) is 42.5 Å². The van der Waals surface area contributed by atoms with Crippen LogP contribution in [0.4, 0.5) is 26.3 Å². The maximum absolute atomic E-state index is 12.4. The smallest absolute Gasteiger partial charge is 0.422 e. The molecule has 0 aliphatic heterocycles. The summed E-state index contributed by atoms with van der Waals surface area (Å²) in [5.74, 6) is -2.98. The summed E-state index contributed by atoms with van der Waals surface area (Å²) in [7, 11) is 0. The predicted octanol–water partition coefficient (Wildman–Crippen LogP) is 4.30. The lowest BCUT2D eigenvalue weighted by Gasteiger charge is -2.15. The fourth-order valence-corrected chi connectivity index (χ4v) is 2.21. The summed E-state index contributed by atoms with van der Waals surface area (Å²) >= 11 is 5.69. The van der Waals surface area contributed by atoms with E-state index in [1.807, 2.05) is 10.9 Å². The lowest BCUT2D eigenvalue weighted by atomic mass is 10.1. The van der Waals surface area contributed by atoms with Crippen LogP contribution in [0, 0.1) is 0 Å². The van der Waals surface area contributed by atoms with E-state index in [-0.39, 0.29) is 5.56 Å². The highest BCUT2D eigenvalue weighted by Gasteiger charge is 2.30. The number of benzene rings is 2. The summed E-state index contributed by atoms with van der Waals surface area (Å²) in [4.78, 5) is 24.4. The van der Waals surface area contributed by atoms with Crippen molar-refractivity contribution in [2.75, 3.05) is 13.2 Å². The molecule has 13 heteroatoms. The Bertz CT molecular complexity index is 932. The Hall–Kier alpha value is -3.15. The van der Waals surface area contributed by atoms with Crippen LogP contribution in [0.2, 0.25) is 5.02 Å². The van der Waals surface area contributed by atoms with Gasteiger partial charge in [-0.3, -0.25) is 20.4 Å². The van der Waals surface area contributed by atoms with Crippen LogP contribution in [-0.2, 0) is 0 Å². The van der Waals surface area contributed by atoms with Crippen molar-refractivity contribution < 1.29 is 45.4 Å². The van der Waals surface area contributed by atoms with E-state index in [4.69, 9.17) is 11.6 Å². The molecule has 0 unspecified atom stereocenters. The van der Waals surface area contributed by atoms with E-state index in [2.05, 4.69) is 9.47 Å². The quantitative estimate of drug-likeness (QED) is 0.487. The molecular formula is C18H13ClF6N2O4. The zero-order valence-electron chi connectivity index (χ0n) is 15.2. The van der Waals surface area contributed by atoms with E-state index < -0.39 is 54.4 Å². The fraction of sp³-hybridized carbons (Fsp3) is 0.222. The van der Waals surface area contributed by atoms with Gasteiger partial charge in [-0.25, -0.2) is 0 Å². The molecule has 0 spiro atoms. The molecular weight excluding hydrogens is 458 g/mol.